The summed E-state index contributed by atoms with van der Waals surface area (Å²) in [6, 6.07) is 0. The Morgan fingerprint density at radius 2 is 2.20 bits per heavy atom. The van der Waals surface area contributed by atoms with Gasteiger partial charge in [0, 0.05) is 18.3 Å². The zero-order valence-electron chi connectivity index (χ0n) is 8.84. The number of hydrogen-bond acceptors (Lipinski definition) is 5. The third-order valence-electron chi connectivity index (χ3n) is 2.33. The maximum atomic E-state index is 11.0. The van der Waals surface area contributed by atoms with E-state index in [-0.39, 0.29) is 0 Å². The van der Waals surface area contributed by atoms with Gasteiger partial charge in [0.1, 0.15) is 6.10 Å². The number of methoxy groups -OCH3 is 1. The first kappa shape index (κ1) is 11.7. The topological polar surface area (TPSA) is 84.6 Å². The summed E-state index contributed by atoms with van der Waals surface area (Å²) in [5.74, 6) is -0.870. The van der Waals surface area contributed by atoms with Crippen LogP contribution in [0.15, 0.2) is 6.20 Å². The van der Waals surface area contributed by atoms with Crippen molar-refractivity contribution in [2.45, 2.75) is 19.1 Å². The van der Waals surface area contributed by atoms with E-state index in [0.29, 0.717) is 11.3 Å². The Hall–Kier alpha value is -1.40. The molecule has 2 unspecified atom stereocenters. The summed E-state index contributed by atoms with van der Waals surface area (Å²) in [5.41, 5.74) is 1.10. The Morgan fingerprint density at radius 3 is 2.60 bits per heavy atom. The van der Waals surface area contributed by atoms with Crippen molar-refractivity contribution < 1.29 is 19.7 Å². The van der Waals surface area contributed by atoms with Gasteiger partial charge in [0.2, 0.25) is 0 Å². The molecule has 6 nitrogen and oxygen atoms in total. The van der Waals surface area contributed by atoms with Crippen LogP contribution in [0.3, 0.4) is 0 Å². The SMILES string of the molecule is COC(=O)C(O)C(O)c1cnn(C)c1C. The number of aliphatic hydroxyl groups is 2. The van der Waals surface area contributed by atoms with Crippen LogP contribution in [-0.2, 0) is 16.6 Å². The molecule has 84 valence electrons. The third kappa shape index (κ3) is 2.16. The van der Waals surface area contributed by atoms with E-state index < -0.39 is 18.2 Å². The molecule has 1 heterocycles. The van der Waals surface area contributed by atoms with Crippen LogP contribution < -0.4 is 0 Å². The van der Waals surface area contributed by atoms with E-state index in [9.17, 15) is 15.0 Å². The number of carbonyl (C=O) groups excluding carboxylic acids is 1. The van der Waals surface area contributed by atoms with Crippen LogP contribution in [0.1, 0.15) is 17.4 Å². The van der Waals surface area contributed by atoms with Gasteiger partial charge in [0.15, 0.2) is 6.10 Å². The van der Waals surface area contributed by atoms with Gasteiger partial charge in [-0.15, -0.1) is 0 Å². The highest BCUT2D eigenvalue weighted by molar-refractivity contribution is 5.75. The summed E-state index contributed by atoms with van der Waals surface area (Å²) in [4.78, 5) is 11.0. The first-order valence-corrected chi connectivity index (χ1v) is 4.41. The first-order chi connectivity index (χ1) is 6.99. The van der Waals surface area contributed by atoms with Crippen LogP contribution in [-0.4, -0.2) is 39.2 Å². The summed E-state index contributed by atoms with van der Waals surface area (Å²) < 4.78 is 5.87. The van der Waals surface area contributed by atoms with E-state index in [4.69, 9.17) is 0 Å². The molecule has 0 aromatic carbocycles. The van der Waals surface area contributed by atoms with Crippen LogP contribution in [0.25, 0.3) is 0 Å². The number of esters is 1. The number of hydrogen-bond donors (Lipinski definition) is 2. The summed E-state index contributed by atoms with van der Waals surface area (Å²) >= 11 is 0. The van der Waals surface area contributed by atoms with Gasteiger partial charge in [0.25, 0.3) is 0 Å². The third-order valence-corrected chi connectivity index (χ3v) is 2.33. The zero-order valence-corrected chi connectivity index (χ0v) is 8.84. The molecular formula is C9H14N2O4. The van der Waals surface area contributed by atoms with Crippen LogP contribution in [0, 0.1) is 6.92 Å². The van der Waals surface area contributed by atoms with E-state index in [1.165, 1.54) is 6.20 Å². The van der Waals surface area contributed by atoms with E-state index in [0.717, 1.165) is 7.11 Å². The van der Waals surface area contributed by atoms with Crippen molar-refractivity contribution in [2.75, 3.05) is 7.11 Å². The quantitative estimate of drug-likeness (QED) is 0.650. The predicted molar refractivity (Wildman–Crippen MR) is 50.9 cm³/mol. The number of carbonyl (C=O) groups is 1. The van der Waals surface area contributed by atoms with Crippen LogP contribution in [0.5, 0.6) is 0 Å². The predicted octanol–water partition coefficient (Wildman–Crippen LogP) is -0.704. The molecule has 1 rings (SSSR count). The summed E-state index contributed by atoms with van der Waals surface area (Å²) in [6.07, 6.45) is -1.49. The number of aromatic nitrogens is 2. The average molecular weight is 214 g/mol. The summed E-state index contributed by atoms with van der Waals surface area (Å²) in [6.45, 7) is 1.73. The molecular weight excluding hydrogens is 200 g/mol. The molecule has 15 heavy (non-hydrogen) atoms. The number of aryl methyl sites for hydroxylation is 1. The minimum absolute atomic E-state index is 0.412. The molecule has 0 spiro atoms. The van der Waals surface area contributed by atoms with Crippen molar-refractivity contribution in [1.82, 2.24) is 9.78 Å². The van der Waals surface area contributed by atoms with Crippen molar-refractivity contribution in [3.05, 3.63) is 17.5 Å². The van der Waals surface area contributed by atoms with Crippen molar-refractivity contribution >= 4 is 5.97 Å². The largest absolute Gasteiger partial charge is 0.467 e. The Kier molecular flexibility index (Phi) is 3.43. The monoisotopic (exact) mass is 214 g/mol. The van der Waals surface area contributed by atoms with Gasteiger partial charge in [-0.3, -0.25) is 4.68 Å². The van der Waals surface area contributed by atoms with Gasteiger partial charge in [-0.1, -0.05) is 0 Å². The molecule has 0 bridgehead atoms. The number of ether oxygens (including phenoxy) is 1. The van der Waals surface area contributed by atoms with Gasteiger partial charge < -0.3 is 14.9 Å². The second kappa shape index (κ2) is 4.41. The normalized spacial score (nSPS) is 14.7. The molecule has 0 amide bonds. The van der Waals surface area contributed by atoms with Crippen molar-refractivity contribution in [2.24, 2.45) is 7.05 Å². The molecule has 0 aliphatic rings. The van der Waals surface area contributed by atoms with Gasteiger partial charge in [-0.05, 0) is 6.92 Å². The van der Waals surface area contributed by atoms with Gasteiger partial charge in [0.05, 0.1) is 13.3 Å². The van der Waals surface area contributed by atoms with E-state index in [2.05, 4.69) is 9.84 Å². The van der Waals surface area contributed by atoms with Gasteiger partial charge >= 0.3 is 5.97 Å². The minimum atomic E-state index is -1.59. The van der Waals surface area contributed by atoms with Crippen molar-refractivity contribution in [1.29, 1.82) is 0 Å². The lowest BCUT2D eigenvalue weighted by molar-refractivity contribution is -0.156. The lowest BCUT2D eigenvalue weighted by Gasteiger charge is -2.15. The van der Waals surface area contributed by atoms with Crippen LogP contribution in [0.2, 0.25) is 0 Å². The number of aliphatic hydroxyl groups excluding tert-OH is 2. The second-order valence-corrected chi connectivity index (χ2v) is 3.22. The molecule has 0 saturated heterocycles. The average Bonchev–Trinajstić information content (AvgIpc) is 2.56. The number of nitrogens with zero attached hydrogens (tertiary/aromatic N) is 2. The lowest BCUT2D eigenvalue weighted by Crippen LogP contribution is -2.29. The summed E-state index contributed by atoms with van der Waals surface area (Å²) in [5, 5.41) is 23.0. The van der Waals surface area contributed by atoms with E-state index in [1.54, 1.807) is 18.7 Å². The number of rotatable bonds is 3. The minimum Gasteiger partial charge on any atom is -0.467 e. The standard InChI is InChI=1S/C9H14N2O4/c1-5-6(4-10-11(5)2)7(12)8(13)9(14)15-3/h4,7-8,12-13H,1-3H3. The molecule has 0 saturated carbocycles. The van der Waals surface area contributed by atoms with E-state index >= 15 is 0 Å². The maximum absolute atomic E-state index is 11.0. The molecule has 0 aliphatic carbocycles. The lowest BCUT2D eigenvalue weighted by atomic mass is 10.1. The first-order valence-electron chi connectivity index (χ1n) is 4.41. The fraction of sp³-hybridized carbons (Fsp3) is 0.556. The Bertz CT molecular complexity index is 361. The molecule has 0 radical (unpaired) electrons. The van der Waals surface area contributed by atoms with E-state index in [1.807, 2.05) is 0 Å². The smallest absolute Gasteiger partial charge is 0.337 e. The highest BCUT2D eigenvalue weighted by atomic mass is 16.5. The second-order valence-electron chi connectivity index (χ2n) is 3.22. The highest BCUT2D eigenvalue weighted by Crippen LogP contribution is 2.20. The molecule has 0 fully saturated rings. The highest BCUT2D eigenvalue weighted by Gasteiger charge is 2.28. The van der Waals surface area contributed by atoms with Crippen molar-refractivity contribution in [3.63, 3.8) is 0 Å². The zero-order chi connectivity index (χ0) is 11.6. The molecule has 1 aromatic rings. The van der Waals surface area contributed by atoms with Crippen molar-refractivity contribution in [3.8, 4) is 0 Å². The fourth-order valence-electron chi connectivity index (χ4n) is 1.23. The molecule has 1 aromatic heterocycles. The molecule has 6 heteroatoms. The van der Waals surface area contributed by atoms with Gasteiger partial charge in [-0.2, -0.15) is 5.10 Å². The fourth-order valence-corrected chi connectivity index (χ4v) is 1.23. The maximum Gasteiger partial charge on any atom is 0.337 e. The molecule has 2 atom stereocenters. The molecule has 0 aliphatic heterocycles. The van der Waals surface area contributed by atoms with Crippen LogP contribution in [0.4, 0.5) is 0 Å². The summed E-state index contributed by atoms with van der Waals surface area (Å²) in [7, 11) is 2.85. The van der Waals surface area contributed by atoms with Gasteiger partial charge in [-0.25, -0.2) is 4.79 Å². The molecule has 2 N–H and O–H groups in total. The van der Waals surface area contributed by atoms with Crippen LogP contribution >= 0.6 is 0 Å². The Balaban J connectivity index is 2.89. The Labute approximate surface area is 87.1 Å². The Morgan fingerprint density at radius 1 is 1.60 bits per heavy atom.